The van der Waals surface area contributed by atoms with Crippen molar-refractivity contribution in [1.29, 1.82) is 0 Å². The Morgan fingerprint density at radius 3 is 2.71 bits per heavy atom. The highest BCUT2D eigenvalue weighted by Crippen LogP contribution is 2.37. The lowest BCUT2D eigenvalue weighted by molar-refractivity contribution is -0.132. The predicted octanol–water partition coefficient (Wildman–Crippen LogP) is 0.233. The first-order valence-corrected chi connectivity index (χ1v) is 16.4. The zero-order chi connectivity index (χ0) is 28.6. The highest BCUT2D eigenvalue weighted by atomic mass is 16.5. The monoisotopic (exact) mass is 578 g/mol. The van der Waals surface area contributed by atoms with Crippen LogP contribution in [0.1, 0.15) is 64.7 Å². The fourth-order valence-corrected chi connectivity index (χ4v) is 7.58. The van der Waals surface area contributed by atoms with Crippen LogP contribution in [0.25, 0.3) is 0 Å². The van der Waals surface area contributed by atoms with Gasteiger partial charge in [0.15, 0.2) is 0 Å². The van der Waals surface area contributed by atoms with E-state index in [2.05, 4.69) is 26.2 Å². The molecule has 0 bridgehead atoms. The number of hydrogen-bond acceptors (Lipinski definition) is 9. The third-order valence-electron chi connectivity index (χ3n) is 10.1. The molecule has 4 heterocycles. The van der Waals surface area contributed by atoms with E-state index in [1.165, 1.54) is 6.42 Å². The number of nitrogens with zero attached hydrogens (tertiary/aromatic N) is 2. The van der Waals surface area contributed by atoms with E-state index >= 15 is 0 Å². The molecule has 0 aromatic heterocycles. The molecule has 2 amide bonds. The molecule has 0 aromatic rings. The molecular weight excluding hydrogens is 524 g/mol. The SMILES string of the molecule is CCC(=O)N1CCC(NC2CC(C(=O)NC[C@H](O)CN3CCC4CC(OCC5CNCO5)CCC4C3)CCN2)CC1. The zero-order valence-electron chi connectivity index (χ0n) is 25.0. The Labute approximate surface area is 245 Å². The van der Waals surface area contributed by atoms with Crippen LogP contribution in [-0.4, -0.2) is 123 Å². The zero-order valence-corrected chi connectivity index (χ0v) is 25.0. The molecule has 0 aromatic carbocycles. The number of carbonyl (C=O) groups excluding carboxylic acids is 2. The van der Waals surface area contributed by atoms with Crippen molar-refractivity contribution < 1.29 is 24.2 Å². The molecule has 11 heteroatoms. The summed E-state index contributed by atoms with van der Waals surface area (Å²) in [6.45, 7) is 9.50. The van der Waals surface area contributed by atoms with Crippen LogP contribution >= 0.6 is 0 Å². The molecule has 4 saturated heterocycles. The van der Waals surface area contributed by atoms with Crippen LogP contribution in [-0.2, 0) is 19.1 Å². The number of amides is 2. The maximum Gasteiger partial charge on any atom is 0.223 e. The number of ether oxygens (including phenoxy) is 2. The van der Waals surface area contributed by atoms with Crippen LogP contribution in [0, 0.1) is 17.8 Å². The number of rotatable bonds is 11. The Morgan fingerprint density at radius 2 is 1.93 bits per heavy atom. The normalized spacial score (nSPS) is 34.2. The summed E-state index contributed by atoms with van der Waals surface area (Å²) in [6, 6.07) is 0.368. The maximum absolute atomic E-state index is 13.0. The predicted molar refractivity (Wildman–Crippen MR) is 156 cm³/mol. The summed E-state index contributed by atoms with van der Waals surface area (Å²) in [7, 11) is 0. The number of fused-ring (bicyclic) bond motifs is 1. The smallest absolute Gasteiger partial charge is 0.223 e. The summed E-state index contributed by atoms with van der Waals surface area (Å²) < 4.78 is 11.8. The van der Waals surface area contributed by atoms with Gasteiger partial charge >= 0.3 is 0 Å². The summed E-state index contributed by atoms with van der Waals surface area (Å²) in [6.07, 6.45) is 8.72. The topological polar surface area (TPSA) is 127 Å². The van der Waals surface area contributed by atoms with Gasteiger partial charge in [-0.1, -0.05) is 6.92 Å². The summed E-state index contributed by atoms with van der Waals surface area (Å²) in [4.78, 5) is 29.3. The second-order valence-electron chi connectivity index (χ2n) is 13.0. The summed E-state index contributed by atoms with van der Waals surface area (Å²) in [5, 5.41) is 24.2. The summed E-state index contributed by atoms with van der Waals surface area (Å²) >= 11 is 0. The van der Waals surface area contributed by atoms with E-state index in [9.17, 15) is 14.7 Å². The molecule has 0 radical (unpaired) electrons. The first-order chi connectivity index (χ1) is 20.0. The van der Waals surface area contributed by atoms with Gasteiger partial charge in [0.25, 0.3) is 0 Å². The van der Waals surface area contributed by atoms with E-state index in [0.717, 1.165) is 84.2 Å². The molecule has 41 heavy (non-hydrogen) atoms. The second kappa shape index (κ2) is 15.4. The van der Waals surface area contributed by atoms with Crippen LogP contribution in [0.5, 0.6) is 0 Å². The Kier molecular flexibility index (Phi) is 11.7. The third kappa shape index (κ3) is 9.08. The molecule has 234 valence electrons. The van der Waals surface area contributed by atoms with Gasteiger partial charge < -0.3 is 35.0 Å². The third-order valence-corrected chi connectivity index (χ3v) is 10.1. The lowest BCUT2D eigenvalue weighted by atomic mass is 9.74. The summed E-state index contributed by atoms with van der Waals surface area (Å²) in [5.74, 6) is 1.62. The molecule has 6 unspecified atom stereocenters. The number of aliphatic hydroxyl groups is 1. The number of carbonyl (C=O) groups is 2. The quantitative estimate of drug-likeness (QED) is 0.234. The lowest BCUT2D eigenvalue weighted by Gasteiger charge is -2.44. The van der Waals surface area contributed by atoms with Crippen molar-refractivity contribution in [2.24, 2.45) is 17.8 Å². The minimum Gasteiger partial charge on any atom is -0.390 e. The van der Waals surface area contributed by atoms with Gasteiger partial charge in [-0.25, -0.2) is 0 Å². The first-order valence-electron chi connectivity index (χ1n) is 16.4. The Bertz CT molecular complexity index is 836. The van der Waals surface area contributed by atoms with E-state index in [1.807, 2.05) is 11.8 Å². The molecule has 7 atom stereocenters. The second-order valence-corrected chi connectivity index (χ2v) is 13.0. The van der Waals surface area contributed by atoms with E-state index in [0.29, 0.717) is 56.8 Å². The molecule has 11 nitrogen and oxygen atoms in total. The van der Waals surface area contributed by atoms with E-state index in [1.54, 1.807) is 0 Å². The fourth-order valence-electron chi connectivity index (χ4n) is 7.58. The minimum absolute atomic E-state index is 0.0487. The van der Waals surface area contributed by atoms with E-state index < -0.39 is 6.10 Å². The van der Waals surface area contributed by atoms with Crippen LogP contribution in [0.4, 0.5) is 0 Å². The number of piperidine rings is 3. The highest BCUT2D eigenvalue weighted by molar-refractivity contribution is 5.78. The molecule has 5 aliphatic rings. The van der Waals surface area contributed by atoms with Crippen molar-refractivity contribution in [2.45, 2.75) is 95.2 Å². The van der Waals surface area contributed by atoms with Crippen LogP contribution in [0.2, 0.25) is 0 Å². The van der Waals surface area contributed by atoms with E-state index in [4.69, 9.17) is 9.47 Å². The molecule has 1 saturated carbocycles. The van der Waals surface area contributed by atoms with Gasteiger partial charge in [-0.05, 0) is 76.3 Å². The number of β-amino-alcohol motifs (C(OH)–C–C–N with tert-alkyl or cyclic N) is 1. The lowest BCUT2D eigenvalue weighted by Crippen LogP contribution is -2.56. The molecule has 5 fully saturated rings. The van der Waals surface area contributed by atoms with Gasteiger partial charge in [-0.15, -0.1) is 0 Å². The Hall–Kier alpha value is -1.34. The Morgan fingerprint density at radius 1 is 1.07 bits per heavy atom. The average molecular weight is 579 g/mol. The molecule has 5 rings (SSSR count). The van der Waals surface area contributed by atoms with Gasteiger partial charge in [-0.2, -0.15) is 0 Å². The van der Waals surface area contributed by atoms with Crippen molar-refractivity contribution in [2.75, 3.05) is 65.7 Å². The van der Waals surface area contributed by atoms with Gasteiger partial charge in [0.1, 0.15) is 0 Å². The number of hydrogen-bond donors (Lipinski definition) is 5. The highest BCUT2D eigenvalue weighted by Gasteiger charge is 2.36. The number of likely N-dealkylation sites (tertiary alicyclic amines) is 2. The minimum atomic E-state index is -0.554. The molecule has 0 spiro atoms. The van der Waals surface area contributed by atoms with Crippen LogP contribution in [0.3, 0.4) is 0 Å². The van der Waals surface area contributed by atoms with Crippen molar-refractivity contribution in [3.63, 3.8) is 0 Å². The summed E-state index contributed by atoms with van der Waals surface area (Å²) in [5.41, 5.74) is 0. The Balaban J connectivity index is 0.955. The van der Waals surface area contributed by atoms with Crippen LogP contribution < -0.4 is 21.3 Å². The number of aliphatic hydroxyl groups excluding tert-OH is 1. The largest absolute Gasteiger partial charge is 0.390 e. The maximum atomic E-state index is 13.0. The van der Waals surface area contributed by atoms with Crippen molar-refractivity contribution in [3.8, 4) is 0 Å². The van der Waals surface area contributed by atoms with Gasteiger partial charge in [-0.3, -0.25) is 20.2 Å². The first kappa shape index (κ1) is 31.1. The van der Waals surface area contributed by atoms with Gasteiger partial charge in [0, 0.05) is 57.6 Å². The van der Waals surface area contributed by atoms with Crippen molar-refractivity contribution in [3.05, 3.63) is 0 Å². The van der Waals surface area contributed by atoms with Gasteiger partial charge in [0.05, 0.1) is 37.8 Å². The molecule has 4 aliphatic heterocycles. The van der Waals surface area contributed by atoms with Crippen molar-refractivity contribution >= 4 is 11.8 Å². The van der Waals surface area contributed by atoms with Crippen molar-refractivity contribution in [1.82, 2.24) is 31.1 Å². The molecule has 5 N–H and O–H groups in total. The fraction of sp³-hybridized carbons (Fsp3) is 0.933. The standard InChI is InChI=1S/C30H54N6O5/c1-2-29(38)36-11-7-24(8-12-36)34-28-14-22(5-9-32-28)30(39)33-15-25(37)18-35-10-6-21-13-26(4-3-23(21)17-35)40-19-27-16-31-20-41-27/h21-28,31-32,34,37H,2-20H2,1H3,(H,33,39)/t21?,22?,23?,25-,26?,27?,28?/m0/s1. The molecular formula is C30H54N6O5. The average Bonchev–Trinajstić information content (AvgIpc) is 3.53. The molecule has 1 aliphatic carbocycles. The number of nitrogens with one attached hydrogen (secondary N) is 4. The van der Waals surface area contributed by atoms with Crippen LogP contribution in [0.15, 0.2) is 0 Å². The van der Waals surface area contributed by atoms with E-state index in [-0.39, 0.29) is 30.0 Å². The van der Waals surface area contributed by atoms with Gasteiger partial charge in [0.2, 0.25) is 11.8 Å².